The maximum absolute atomic E-state index is 13.0. The molecule has 0 radical (unpaired) electrons. The van der Waals surface area contributed by atoms with Gasteiger partial charge in [0.2, 0.25) is 5.82 Å². The molecule has 1 aromatic heterocycles. The Bertz CT molecular complexity index is 1190. The number of rotatable bonds is 8. The SMILES string of the molecule is CCOc1cc(-c2noc(-c3ccccc3)n2)ccc1OCC(=O)Nc1ccc(F)cc1. The Morgan fingerprint density at radius 1 is 0.969 bits per heavy atom. The van der Waals surface area contributed by atoms with Crippen molar-refractivity contribution in [2.24, 2.45) is 0 Å². The Morgan fingerprint density at radius 3 is 2.50 bits per heavy atom. The van der Waals surface area contributed by atoms with Crippen LogP contribution in [0.25, 0.3) is 22.8 Å². The van der Waals surface area contributed by atoms with Gasteiger partial charge in [-0.2, -0.15) is 4.98 Å². The van der Waals surface area contributed by atoms with Gasteiger partial charge in [-0.15, -0.1) is 0 Å². The molecule has 32 heavy (non-hydrogen) atoms. The van der Waals surface area contributed by atoms with E-state index in [0.717, 1.165) is 5.56 Å². The van der Waals surface area contributed by atoms with Crippen molar-refractivity contribution in [3.05, 3.63) is 78.6 Å². The first-order valence-corrected chi connectivity index (χ1v) is 9.97. The van der Waals surface area contributed by atoms with Gasteiger partial charge in [0.05, 0.1) is 6.61 Å². The monoisotopic (exact) mass is 433 g/mol. The molecular weight excluding hydrogens is 413 g/mol. The summed E-state index contributed by atoms with van der Waals surface area (Å²) < 4.78 is 29.7. The van der Waals surface area contributed by atoms with Gasteiger partial charge < -0.3 is 19.3 Å². The number of benzene rings is 3. The first kappa shape index (κ1) is 21.0. The number of amides is 1. The molecule has 3 aromatic carbocycles. The first-order chi connectivity index (χ1) is 15.6. The predicted octanol–water partition coefficient (Wildman–Crippen LogP) is 4.96. The number of nitrogens with one attached hydrogen (secondary N) is 1. The van der Waals surface area contributed by atoms with Crippen LogP contribution in [0.15, 0.2) is 77.3 Å². The van der Waals surface area contributed by atoms with E-state index in [1.54, 1.807) is 18.2 Å². The zero-order chi connectivity index (χ0) is 22.3. The van der Waals surface area contributed by atoms with Gasteiger partial charge in [-0.25, -0.2) is 4.39 Å². The summed E-state index contributed by atoms with van der Waals surface area (Å²) in [5.74, 6) is 0.913. The van der Waals surface area contributed by atoms with Crippen LogP contribution in [0.1, 0.15) is 6.92 Å². The molecule has 0 atom stereocenters. The maximum atomic E-state index is 13.0. The van der Waals surface area contributed by atoms with Crippen LogP contribution in [0.2, 0.25) is 0 Å². The molecule has 1 amide bonds. The van der Waals surface area contributed by atoms with Crippen LogP contribution in [-0.4, -0.2) is 29.3 Å². The zero-order valence-electron chi connectivity index (χ0n) is 17.2. The number of carbonyl (C=O) groups excluding carboxylic acids is 1. The Labute approximate surface area is 183 Å². The summed E-state index contributed by atoms with van der Waals surface area (Å²) in [5.41, 5.74) is 1.98. The predicted molar refractivity (Wildman–Crippen MR) is 117 cm³/mol. The van der Waals surface area contributed by atoms with Gasteiger partial charge in [-0.05, 0) is 61.5 Å². The molecule has 0 aliphatic heterocycles. The molecule has 0 unspecified atom stereocenters. The van der Waals surface area contributed by atoms with Crippen molar-refractivity contribution in [1.29, 1.82) is 0 Å². The van der Waals surface area contributed by atoms with Gasteiger partial charge >= 0.3 is 0 Å². The average Bonchev–Trinajstić information content (AvgIpc) is 3.31. The van der Waals surface area contributed by atoms with Crippen molar-refractivity contribution < 1.29 is 23.2 Å². The highest BCUT2D eigenvalue weighted by Crippen LogP contribution is 2.32. The molecule has 0 saturated heterocycles. The van der Waals surface area contributed by atoms with Gasteiger partial charge in [0, 0.05) is 16.8 Å². The lowest BCUT2D eigenvalue weighted by atomic mass is 10.2. The normalized spacial score (nSPS) is 10.6. The summed E-state index contributed by atoms with van der Waals surface area (Å²) in [6.07, 6.45) is 0. The van der Waals surface area contributed by atoms with Crippen LogP contribution >= 0.6 is 0 Å². The summed E-state index contributed by atoms with van der Waals surface area (Å²) in [4.78, 5) is 16.6. The molecule has 0 aliphatic rings. The molecule has 0 spiro atoms. The van der Waals surface area contributed by atoms with E-state index in [2.05, 4.69) is 15.5 Å². The second kappa shape index (κ2) is 9.74. The highest BCUT2D eigenvalue weighted by molar-refractivity contribution is 5.91. The molecule has 8 heteroatoms. The summed E-state index contributed by atoms with van der Waals surface area (Å²) >= 11 is 0. The molecule has 0 aliphatic carbocycles. The van der Waals surface area contributed by atoms with E-state index in [9.17, 15) is 9.18 Å². The third-order valence-corrected chi connectivity index (χ3v) is 4.44. The fourth-order valence-electron chi connectivity index (χ4n) is 2.95. The smallest absolute Gasteiger partial charge is 0.262 e. The minimum Gasteiger partial charge on any atom is -0.490 e. The zero-order valence-corrected chi connectivity index (χ0v) is 17.2. The summed E-state index contributed by atoms with van der Waals surface area (Å²) in [6.45, 7) is 2.01. The van der Waals surface area contributed by atoms with Crippen molar-refractivity contribution in [3.8, 4) is 34.3 Å². The fraction of sp³-hybridized carbons (Fsp3) is 0.125. The summed E-state index contributed by atoms with van der Waals surface area (Å²) in [5, 5.41) is 6.69. The molecule has 162 valence electrons. The van der Waals surface area contributed by atoms with Gasteiger partial charge in [-0.1, -0.05) is 23.4 Å². The topological polar surface area (TPSA) is 86.5 Å². The van der Waals surface area contributed by atoms with Crippen LogP contribution in [0.4, 0.5) is 10.1 Å². The number of hydrogen-bond donors (Lipinski definition) is 1. The van der Waals surface area contributed by atoms with E-state index in [1.165, 1.54) is 24.3 Å². The van der Waals surface area contributed by atoms with Gasteiger partial charge in [0.25, 0.3) is 11.8 Å². The number of halogens is 1. The Hall–Kier alpha value is -4.20. The van der Waals surface area contributed by atoms with Crippen LogP contribution in [-0.2, 0) is 4.79 Å². The lowest BCUT2D eigenvalue weighted by molar-refractivity contribution is -0.118. The molecule has 4 aromatic rings. The number of aromatic nitrogens is 2. The molecule has 7 nitrogen and oxygen atoms in total. The Balaban J connectivity index is 1.46. The lowest BCUT2D eigenvalue weighted by Crippen LogP contribution is -2.20. The number of hydrogen-bond acceptors (Lipinski definition) is 6. The number of carbonyl (C=O) groups is 1. The third kappa shape index (κ3) is 5.10. The number of ether oxygens (including phenoxy) is 2. The summed E-state index contributed by atoms with van der Waals surface area (Å²) in [6, 6.07) is 20.1. The minimum absolute atomic E-state index is 0.239. The second-order valence-electron chi connectivity index (χ2n) is 6.73. The standard InChI is InChI=1S/C24H20FN3O4/c1-2-30-21-14-17(23-27-24(32-28-23)16-6-4-3-5-7-16)8-13-20(21)31-15-22(29)26-19-11-9-18(25)10-12-19/h3-14H,2,15H2,1H3,(H,26,29). The molecule has 4 rings (SSSR count). The molecule has 1 heterocycles. The van der Waals surface area contributed by atoms with E-state index in [1.807, 2.05) is 37.3 Å². The van der Waals surface area contributed by atoms with Crippen LogP contribution in [0.3, 0.4) is 0 Å². The van der Waals surface area contributed by atoms with E-state index in [4.69, 9.17) is 14.0 Å². The molecule has 0 bridgehead atoms. The first-order valence-electron chi connectivity index (χ1n) is 9.97. The van der Waals surface area contributed by atoms with Crippen LogP contribution < -0.4 is 14.8 Å². The van der Waals surface area contributed by atoms with E-state index in [-0.39, 0.29) is 18.3 Å². The Kier molecular flexibility index (Phi) is 6.41. The summed E-state index contributed by atoms with van der Waals surface area (Å²) in [7, 11) is 0. The molecule has 1 N–H and O–H groups in total. The third-order valence-electron chi connectivity index (χ3n) is 4.44. The quantitative estimate of drug-likeness (QED) is 0.423. The molecule has 0 fully saturated rings. The van der Waals surface area contributed by atoms with E-state index < -0.39 is 0 Å². The van der Waals surface area contributed by atoms with Gasteiger partial charge in [0.1, 0.15) is 5.82 Å². The van der Waals surface area contributed by atoms with Crippen LogP contribution in [0.5, 0.6) is 11.5 Å². The highest BCUT2D eigenvalue weighted by Gasteiger charge is 2.15. The molecular formula is C24H20FN3O4. The van der Waals surface area contributed by atoms with Crippen molar-refractivity contribution in [1.82, 2.24) is 10.1 Å². The highest BCUT2D eigenvalue weighted by atomic mass is 19.1. The fourth-order valence-corrected chi connectivity index (χ4v) is 2.95. The number of anilines is 1. The Morgan fingerprint density at radius 2 is 1.75 bits per heavy atom. The van der Waals surface area contributed by atoms with E-state index >= 15 is 0 Å². The largest absolute Gasteiger partial charge is 0.490 e. The van der Waals surface area contributed by atoms with Crippen molar-refractivity contribution in [2.45, 2.75) is 6.92 Å². The second-order valence-corrected chi connectivity index (χ2v) is 6.73. The van der Waals surface area contributed by atoms with Gasteiger partial charge in [0.15, 0.2) is 18.1 Å². The van der Waals surface area contributed by atoms with Crippen molar-refractivity contribution >= 4 is 11.6 Å². The average molecular weight is 433 g/mol. The van der Waals surface area contributed by atoms with Crippen molar-refractivity contribution in [2.75, 3.05) is 18.5 Å². The lowest BCUT2D eigenvalue weighted by Gasteiger charge is -2.13. The van der Waals surface area contributed by atoms with Crippen molar-refractivity contribution in [3.63, 3.8) is 0 Å². The van der Waals surface area contributed by atoms with Crippen LogP contribution in [0, 0.1) is 5.82 Å². The van der Waals surface area contributed by atoms with E-state index in [0.29, 0.717) is 41.1 Å². The maximum Gasteiger partial charge on any atom is 0.262 e. The minimum atomic E-state index is -0.381. The van der Waals surface area contributed by atoms with Gasteiger partial charge in [-0.3, -0.25) is 4.79 Å². The number of nitrogens with zero attached hydrogens (tertiary/aromatic N) is 2. The molecule has 0 saturated carbocycles.